The number of amides is 1. The summed E-state index contributed by atoms with van der Waals surface area (Å²) in [4.78, 5) is 29.1. The molecule has 0 atom stereocenters. The molecule has 2 aromatic heterocycles. The quantitative estimate of drug-likeness (QED) is 0.458. The summed E-state index contributed by atoms with van der Waals surface area (Å²) in [5.74, 6) is 1.41. The third-order valence-electron chi connectivity index (χ3n) is 5.00. The normalized spacial score (nSPS) is 10.9. The smallest absolute Gasteiger partial charge is 0.287 e. The lowest BCUT2D eigenvalue weighted by Crippen LogP contribution is -2.21. The minimum absolute atomic E-state index is 0.0565. The lowest BCUT2D eigenvalue weighted by atomic mass is 10.1. The van der Waals surface area contributed by atoms with Crippen molar-refractivity contribution >= 4 is 17.2 Å². The third-order valence-corrected chi connectivity index (χ3v) is 5.00. The van der Waals surface area contributed by atoms with Crippen molar-refractivity contribution < 1.29 is 18.8 Å². The van der Waals surface area contributed by atoms with Crippen LogP contribution in [-0.4, -0.2) is 22.1 Å². The highest BCUT2D eigenvalue weighted by molar-refractivity contribution is 5.93. The largest absolute Gasteiger partial charge is 0.485 e. The molecule has 2 heterocycles. The maximum absolute atomic E-state index is 12.5. The molecular formula is C25H25N3O5. The Morgan fingerprint density at radius 3 is 2.45 bits per heavy atom. The van der Waals surface area contributed by atoms with Gasteiger partial charge in [0.05, 0.1) is 11.4 Å². The van der Waals surface area contributed by atoms with Gasteiger partial charge in [0.1, 0.15) is 23.9 Å². The first-order valence-corrected chi connectivity index (χ1v) is 10.5. The summed E-state index contributed by atoms with van der Waals surface area (Å²) in [7, 11) is 0. The van der Waals surface area contributed by atoms with Gasteiger partial charge in [0.2, 0.25) is 0 Å². The number of rotatable bonds is 7. The SMILES string of the molecule is Cc1ccc(OCC(=O)Nc2cc(C)ccc2OCc2cc(=O)n3oc(C)cc3n2)c(C)c1. The van der Waals surface area contributed by atoms with E-state index in [-0.39, 0.29) is 24.7 Å². The van der Waals surface area contributed by atoms with Crippen LogP contribution in [0.2, 0.25) is 0 Å². The fraction of sp³-hybridized carbons (Fsp3) is 0.240. The number of benzene rings is 2. The first-order valence-electron chi connectivity index (χ1n) is 10.5. The summed E-state index contributed by atoms with van der Waals surface area (Å²) < 4.78 is 18.0. The molecule has 0 radical (unpaired) electrons. The Balaban J connectivity index is 1.45. The molecule has 4 aromatic rings. The van der Waals surface area contributed by atoms with Gasteiger partial charge in [-0.3, -0.25) is 9.59 Å². The minimum Gasteiger partial charge on any atom is -0.485 e. The molecule has 0 aliphatic carbocycles. The standard InChI is InChI=1S/C25H25N3O5/c1-15-5-7-21(17(3)9-15)32-14-24(29)27-20-10-16(2)6-8-22(20)31-13-19-12-25(30)28-23(26-19)11-18(4)33-28/h5-12H,13-14H2,1-4H3,(H,27,29). The highest BCUT2D eigenvalue weighted by atomic mass is 16.5. The molecule has 1 N–H and O–H groups in total. The molecule has 0 aliphatic rings. The number of nitrogens with one attached hydrogen (secondary N) is 1. The number of nitrogens with zero attached hydrogens (tertiary/aromatic N) is 2. The number of ether oxygens (including phenoxy) is 2. The van der Waals surface area contributed by atoms with Gasteiger partial charge in [-0.05, 0) is 57.0 Å². The van der Waals surface area contributed by atoms with Crippen molar-refractivity contribution in [3.05, 3.63) is 87.0 Å². The van der Waals surface area contributed by atoms with E-state index in [1.807, 2.05) is 51.1 Å². The zero-order chi connectivity index (χ0) is 23.5. The van der Waals surface area contributed by atoms with Crippen molar-refractivity contribution in [3.63, 3.8) is 0 Å². The molecule has 0 saturated heterocycles. The first-order chi connectivity index (χ1) is 15.8. The van der Waals surface area contributed by atoms with Crippen LogP contribution in [0.25, 0.3) is 5.65 Å². The van der Waals surface area contributed by atoms with E-state index < -0.39 is 0 Å². The van der Waals surface area contributed by atoms with E-state index >= 15 is 0 Å². The van der Waals surface area contributed by atoms with Gasteiger partial charge in [0.25, 0.3) is 11.5 Å². The predicted octanol–water partition coefficient (Wildman–Crippen LogP) is 4.12. The summed E-state index contributed by atoms with van der Waals surface area (Å²) in [5, 5.41) is 2.84. The maximum atomic E-state index is 12.5. The van der Waals surface area contributed by atoms with E-state index in [9.17, 15) is 9.59 Å². The van der Waals surface area contributed by atoms with Crippen molar-refractivity contribution in [1.29, 1.82) is 0 Å². The highest BCUT2D eigenvalue weighted by Gasteiger charge is 2.12. The molecule has 0 aliphatic heterocycles. The Labute approximate surface area is 190 Å². The third kappa shape index (κ3) is 5.23. The Morgan fingerprint density at radius 2 is 1.70 bits per heavy atom. The van der Waals surface area contributed by atoms with Gasteiger partial charge >= 0.3 is 0 Å². The zero-order valence-electron chi connectivity index (χ0n) is 19.0. The zero-order valence-corrected chi connectivity index (χ0v) is 19.0. The van der Waals surface area contributed by atoms with Gasteiger partial charge in [0.15, 0.2) is 12.3 Å². The second kappa shape index (κ2) is 9.20. The number of fused-ring (bicyclic) bond motifs is 1. The van der Waals surface area contributed by atoms with Crippen molar-refractivity contribution in [1.82, 2.24) is 9.56 Å². The summed E-state index contributed by atoms with van der Waals surface area (Å²) in [6.07, 6.45) is 0. The van der Waals surface area contributed by atoms with E-state index in [1.165, 1.54) is 6.07 Å². The fourth-order valence-electron chi connectivity index (χ4n) is 3.46. The Morgan fingerprint density at radius 1 is 0.970 bits per heavy atom. The van der Waals surface area contributed by atoms with Crippen molar-refractivity contribution in [2.75, 3.05) is 11.9 Å². The Kier molecular flexibility index (Phi) is 6.17. The molecule has 2 aromatic carbocycles. The van der Waals surface area contributed by atoms with Gasteiger partial charge in [-0.1, -0.05) is 23.8 Å². The average Bonchev–Trinajstić information content (AvgIpc) is 3.13. The summed E-state index contributed by atoms with van der Waals surface area (Å²) in [6, 6.07) is 14.3. The van der Waals surface area contributed by atoms with Crippen LogP contribution in [0, 0.1) is 27.7 Å². The molecule has 0 spiro atoms. The topological polar surface area (TPSA) is 95.1 Å². The molecule has 0 saturated carbocycles. The van der Waals surface area contributed by atoms with Crippen LogP contribution < -0.4 is 20.3 Å². The van der Waals surface area contributed by atoms with Crippen molar-refractivity contribution in [2.45, 2.75) is 34.3 Å². The molecule has 8 nitrogen and oxygen atoms in total. The molecule has 0 bridgehead atoms. The Bertz CT molecular complexity index is 1390. The fourth-order valence-corrected chi connectivity index (χ4v) is 3.46. The number of hydrogen-bond acceptors (Lipinski definition) is 6. The number of aryl methyl sites for hydroxylation is 4. The summed E-state index contributed by atoms with van der Waals surface area (Å²) in [6.45, 7) is 7.53. The molecule has 8 heteroatoms. The second-order valence-electron chi connectivity index (χ2n) is 7.98. The van der Waals surface area contributed by atoms with Crippen LogP contribution in [0.15, 0.2) is 57.8 Å². The van der Waals surface area contributed by atoms with Gasteiger partial charge in [-0.15, -0.1) is 4.57 Å². The molecule has 1 amide bonds. The van der Waals surface area contributed by atoms with Crippen LogP contribution >= 0.6 is 0 Å². The van der Waals surface area contributed by atoms with Crippen LogP contribution in [0.4, 0.5) is 5.69 Å². The number of aromatic nitrogens is 2. The lowest BCUT2D eigenvalue weighted by Gasteiger charge is -2.14. The van der Waals surface area contributed by atoms with Crippen LogP contribution in [0.1, 0.15) is 28.1 Å². The number of carbonyl (C=O) groups is 1. The van der Waals surface area contributed by atoms with Crippen molar-refractivity contribution in [3.8, 4) is 11.5 Å². The van der Waals surface area contributed by atoms with Crippen molar-refractivity contribution in [2.24, 2.45) is 0 Å². The highest BCUT2D eigenvalue weighted by Crippen LogP contribution is 2.27. The minimum atomic E-state index is -0.326. The maximum Gasteiger partial charge on any atom is 0.287 e. The van der Waals surface area contributed by atoms with E-state index in [1.54, 1.807) is 19.1 Å². The number of carbonyl (C=O) groups excluding carboxylic acids is 1. The van der Waals surface area contributed by atoms with E-state index in [2.05, 4.69) is 10.3 Å². The molecule has 170 valence electrons. The second-order valence-corrected chi connectivity index (χ2v) is 7.98. The molecule has 33 heavy (non-hydrogen) atoms. The molecule has 0 unspecified atom stereocenters. The number of anilines is 1. The van der Waals surface area contributed by atoms with Gasteiger partial charge in [-0.2, -0.15) is 0 Å². The predicted molar refractivity (Wildman–Crippen MR) is 124 cm³/mol. The lowest BCUT2D eigenvalue weighted by molar-refractivity contribution is -0.118. The van der Waals surface area contributed by atoms with Crippen LogP contribution in [0.5, 0.6) is 11.5 Å². The average molecular weight is 447 g/mol. The summed E-state index contributed by atoms with van der Waals surface area (Å²) >= 11 is 0. The molecule has 4 rings (SSSR count). The van der Waals surface area contributed by atoms with Gasteiger partial charge < -0.3 is 19.3 Å². The van der Waals surface area contributed by atoms with E-state index in [0.717, 1.165) is 21.3 Å². The van der Waals surface area contributed by atoms with Gasteiger partial charge in [-0.25, -0.2) is 4.98 Å². The molecule has 0 fully saturated rings. The van der Waals surface area contributed by atoms with E-state index in [4.69, 9.17) is 14.0 Å². The van der Waals surface area contributed by atoms with Crippen LogP contribution in [0.3, 0.4) is 0 Å². The monoisotopic (exact) mass is 447 g/mol. The number of hydrogen-bond donors (Lipinski definition) is 1. The first kappa shape index (κ1) is 22.1. The van der Waals surface area contributed by atoms with E-state index in [0.29, 0.717) is 34.3 Å². The summed E-state index contributed by atoms with van der Waals surface area (Å²) in [5.41, 5.74) is 4.12. The van der Waals surface area contributed by atoms with Gasteiger partial charge in [0, 0.05) is 12.1 Å². The Hall–Kier alpha value is -4.07. The molecular weight excluding hydrogens is 422 g/mol. The van der Waals surface area contributed by atoms with Crippen LogP contribution in [-0.2, 0) is 11.4 Å².